The maximum atomic E-state index is 13.3. The predicted molar refractivity (Wildman–Crippen MR) is 149 cm³/mol. The molecule has 0 aromatic heterocycles. The van der Waals surface area contributed by atoms with Crippen molar-refractivity contribution < 1.29 is 28.7 Å². The maximum absolute atomic E-state index is 13.3. The van der Waals surface area contributed by atoms with Gasteiger partial charge in [0.15, 0.2) is 11.5 Å². The third-order valence-electron chi connectivity index (χ3n) is 5.98. The Hall–Kier alpha value is -4.57. The highest BCUT2D eigenvalue weighted by Gasteiger charge is 2.36. The number of nitrogens with zero attached hydrogens (tertiary/aromatic N) is 1. The minimum Gasteiger partial charge on any atom is -0.493 e. The molecule has 1 heterocycles. The average Bonchev–Trinajstić information content (AvgIpc) is 3.20. The van der Waals surface area contributed by atoms with E-state index in [1.165, 1.54) is 33.0 Å². The first-order chi connectivity index (χ1) is 18.8. The Morgan fingerprint density at radius 3 is 2.26 bits per heavy atom. The number of thioether (sulfide) groups is 1. The SMILES string of the molecule is COc1ccc(/C=C(\NC(=O)c2ccccc2)C(=O)Nc2ccc(SC3CC(=O)N(C)C3=O)cc2)cc1OC. The summed E-state index contributed by atoms with van der Waals surface area (Å²) >= 11 is 1.30. The molecule has 1 atom stereocenters. The van der Waals surface area contributed by atoms with Crippen molar-refractivity contribution in [1.82, 2.24) is 10.2 Å². The zero-order valence-corrected chi connectivity index (χ0v) is 22.4. The fourth-order valence-corrected chi connectivity index (χ4v) is 4.95. The Balaban J connectivity index is 1.53. The molecule has 0 saturated carbocycles. The van der Waals surface area contributed by atoms with Gasteiger partial charge in [0.2, 0.25) is 11.8 Å². The van der Waals surface area contributed by atoms with E-state index in [1.807, 2.05) is 0 Å². The van der Waals surface area contributed by atoms with Gasteiger partial charge in [0.05, 0.1) is 19.5 Å². The van der Waals surface area contributed by atoms with Gasteiger partial charge in [0.25, 0.3) is 11.8 Å². The van der Waals surface area contributed by atoms with Gasteiger partial charge in [-0.25, -0.2) is 0 Å². The second-order valence-corrected chi connectivity index (χ2v) is 9.85. The van der Waals surface area contributed by atoms with Gasteiger partial charge in [-0.3, -0.25) is 24.1 Å². The van der Waals surface area contributed by atoms with Gasteiger partial charge in [-0.15, -0.1) is 11.8 Å². The number of ether oxygens (including phenoxy) is 2. The summed E-state index contributed by atoms with van der Waals surface area (Å²) in [5.74, 6) is -0.392. The topological polar surface area (TPSA) is 114 Å². The molecular weight excluding hydrogens is 518 g/mol. The minimum atomic E-state index is -0.535. The van der Waals surface area contributed by atoms with Gasteiger partial charge < -0.3 is 20.1 Å². The Morgan fingerprint density at radius 1 is 0.949 bits per heavy atom. The normalized spacial score (nSPS) is 15.2. The van der Waals surface area contributed by atoms with Gasteiger partial charge in [0, 0.05) is 29.6 Å². The van der Waals surface area contributed by atoms with Crippen LogP contribution in [-0.2, 0) is 14.4 Å². The van der Waals surface area contributed by atoms with Crippen molar-refractivity contribution in [2.75, 3.05) is 26.6 Å². The Labute approximate surface area is 230 Å². The Kier molecular flexibility index (Phi) is 8.67. The zero-order chi connectivity index (χ0) is 27.9. The number of amides is 4. The summed E-state index contributed by atoms with van der Waals surface area (Å²) in [6.45, 7) is 0. The fraction of sp³-hybridized carbons (Fsp3) is 0.172. The van der Waals surface area contributed by atoms with Crippen molar-refractivity contribution in [3.8, 4) is 11.5 Å². The molecule has 3 aromatic carbocycles. The second kappa shape index (κ2) is 12.3. The van der Waals surface area contributed by atoms with E-state index < -0.39 is 17.1 Å². The van der Waals surface area contributed by atoms with Crippen LogP contribution < -0.4 is 20.1 Å². The first kappa shape index (κ1) is 27.5. The molecular formula is C29H27N3O6S. The summed E-state index contributed by atoms with van der Waals surface area (Å²) in [5.41, 5.74) is 1.52. The fourth-order valence-electron chi connectivity index (χ4n) is 3.85. The lowest BCUT2D eigenvalue weighted by atomic mass is 10.1. The van der Waals surface area contributed by atoms with Crippen LogP contribution in [0.4, 0.5) is 5.69 Å². The van der Waals surface area contributed by atoms with E-state index in [9.17, 15) is 19.2 Å². The lowest BCUT2D eigenvalue weighted by molar-refractivity contribution is -0.136. The molecule has 1 fully saturated rings. The van der Waals surface area contributed by atoms with Crippen molar-refractivity contribution in [3.63, 3.8) is 0 Å². The van der Waals surface area contributed by atoms with Crippen molar-refractivity contribution in [2.24, 2.45) is 0 Å². The largest absolute Gasteiger partial charge is 0.493 e. The van der Waals surface area contributed by atoms with E-state index >= 15 is 0 Å². The number of anilines is 1. The summed E-state index contributed by atoms with van der Waals surface area (Å²) in [5, 5.41) is 5.03. The van der Waals surface area contributed by atoms with Crippen LogP contribution in [0.25, 0.3) is 6.08 Å². The molecule has 1 unspecified atom stereocenters. The van der Waals surface area contributed by atoms with Gasteiger partial charge in [-0.2, -0.15) is 0 Å². The van der Waals surface area contributed by atoms with Crippen molar-refractivity contribution in [2.45, 2.75) is 16.6 Å². The molecule has 0 aliphatic carbocycles. The molecule has 200 valence electrons. The van der Waals surface area contributed by atoms with Crippen LogP contribution in [0.5, 0.6) is 11.5 Å². The zero-order valence-electron chi connectivity index (χ0n) is 21.6. The number of hydrogen-bond acceptors (Lipinski definition) is 7. The number of carbonyl (C=O) groups is 4. The molecule has 39 heavy (non-hydrogen) atoms. The van der Waals surface area contributed by atoms with Crippen LogP contribution in [0.1, 0.15) is 22.3 Å². The molecule has 9 nitrogen and oxygen atoms in total. The van der Waals surface area contributed by atoms with E-state index in [4.69, 9.17) is 9.47 Å². The number of rotatable bonds is 9. The Bertz CT molecular complexity index is 1420. The van der Waals surface area contributed by atoms with Crippen LogP contribution in [-0.4, -0.2) is 55.0 Å². The standard InChI is InChI=1S/C29H27N3O6S/c1-32-26(33)17-25(29(32)36)39-21-12-10-20(11-13-21)30-28(35)22(31-27(34)19-7-5-4-6-8-19)15-18-9-14-23(37-2)24(16-18)38-3/h4-16,25H,17H2,1-3H3,(H,30,35)(H,31,34)/b22-15-. The number of hydrogen-bond donors (Lipinski definition) is 2. The number of carbonyl (C=O) groups excluding carboxylic acids is 4. The Morgan fingerprint density at radius 2 is 1.64 bits per heavy atom. The highest BCUT2D eigenvalue weighted by Crippen LogP contribution is 2.32. The lowest BCUT2D eigenvalue weighted by Crippen LogP contribution is -2.30. The van der Waals surface area contributed by atoms with E-state index in [-0.39, 0.29) is 23.9 Å². The quantitative estimate of drug-likeness (QED) is 0.309. The smallest absolute Gasteiger partial charge is 0.272 e. The van der Waals surface area contributed by atoms with Crippen LogP contribution in [0, 0.1) is 0 Å². The van der Waals surface area contributed by atoms with Crippen molar-refractivity contribution in [1.29, 1.82) is 0 Å². The van der Waals surface area contributed by atoms with E-state index in [1.54, 1.807) is 78.9 Å². The van der Waals surface area contributed by atoms with Crippen LogP contribution in [0.15, 0.2) is 83.4 Å². The number of likely N-dealkylation sites (tertiary alicyclic amines) is 1. The summed E-state index contributed by atoms with van der Waals surface area (Å²) in [6.07, 6.45) is 1.70. The predicted octanol–water partition coefficient (Wildman–Crippen LogP) is 3.96. The average molecular weight is 546 g/mol. The number of imide groups is 1. The lowest BCUT2D eigenvalue weighted by Gasteiger charge is -2.13. The molecule has 1 saturated heterocycles. The minimum absolute atomic E-state index is 0.0210. The van der Waals surface area contributed by atoms with Crippen LogP contribution >= 0.6 is 11.8 Å². The molecule has 4 amide bonds. The monoisotopic (exact) mass is 545 g/mol. The van der Waals surface area contributed by atoms with Crippen LogP contribution in [0.2, 0.25) is 0 Å². The maximum Gasteiger partial charge on any atom is 0.272 e. The van der Waals surface area contributed by atoms with Gasteiger partial charge in [-0.1, -0.05) is 24.3 Å². The highest BCUT2D eigenvalue weighted by atomic mass is 32.2. The molecule has 0 radical (unpaired) electrons. The molecule has 4 rings (SSSR count). The number of benzene rings is 3. The third-order valence-corrected chi connectivity index (χ3v) is 7.18. The molecule has 0 spiro atoms. The van der Waals surface area contributed by atoms with E-state index in [0.29, 0.717) is 28.3 Å². The summed E-state index contributed by atoms with van der Waals surface area (Å²) < 4.78 is 10.6. The number of nitrogens with one attached hydrogen (secondary N) is 2. The second-order valence-electron chi connectivity index (χ2n) is 8.57. The third kappa shape index (κ3) is 6.66. The highest BCUT2D eigenvalue weighted by molar-refractivity contribution is 8.00. The van der Waals surface area contributed by atoms with E-state index in [2.05, 4.69) is 10.6 Å². The summed E-state index contributed by atoms with van der Waals surface area (Å²) in [6, 6.07) is 20.6. The van der Waals surface area contributed by atoms with Gasteiger partial charge in [-0.05, 0) is 60.2 Å². The molecule has 10 heteroatoms. The van der Waals surface area contributed by atoms with Crippen molar-refractivity contribution in [3.05, 3.63) is 89.6 Å². The number of methoxy groups -OCH3 is 2. The first-order valence-corrected chi connectivity index (χ1v) is 12.9. The van der Waals surface area contributed by atoms with Gasteiger partial charge >= 0.3 is 0 Å². The molecule has 1 aliphatic heterocycles. The summed E-state index contributed by atoms with van der Waals surface area (Å²) in [4.78, 5) is 52.1. The molecule has 1 aliphatic rings. The molecule has 0 bridgehead atoms. The molecule has 2 N–H and O–H groups in total. The first-order valence-electron chi connectivity index (χ1n) is 12.0. The van der Waals surface area contributed by atoms with Gasteiger partial charge in [0.1, 0.15) is 5.70 Å². The molecule has 3 aromatic rings. The van der Waals surface area contributed by atoms with Crippen LogP contribution in [0.3, 0.4) is 0 Å². The van der Waals surface area contributed by atoms with E-state index in [0.717, 1.165) is 9.80 Å². The van der Waals surface area contributed by atoms with Crippen molar-refractivity contribution >= 4 is 47.2 Å². The summed E-state index contributed by atoms with van der Waals surface area (Å²) in [7, 11) is 4.52.